The van der Waals surface area contributed by atoms with Gasteiger partial charge in [0.25, 0.3) is 5.33 Å². The fourth-order valence-corrected chi connectivity index (χ4v) is 0. The lowest BCUT2D eigenvalue weighted by Gasteiger charge is -1.67. The largest absolute Gasteiger partial charge is 0.292 e. The molecule has 0 aromatic carbocycles. The molecule has 0 radical (unpaired) electrons. The molecule has 0 spiro atoms. The zero-order valence-corrected chi connectivity index (χ0v) is 3.30. The lowest BCUT2D eigenvalue weighted by atomic mass is 11.7. The van der Waals surface area contributed by atoms with Crippen LogP contribution in [0.5, 0.6) is 0 Å². The first-order valence-corrected chi connectivity index (χ1v) is 1.57. The number of halogens is 3. The molecule has 0 aromatic heterocycles. The summed E-state index contributed by atoms with van der Waals surface area (Å²) in [6, 6.07) is 0. The SMILES string of the molecule is C.FC(F)Br. The van der Waals surface area contributed by atoms with E-state index >= 15 is 0 Å². The van der Waals surface area contributed by atoms with Crippen molar-refractivity contribution >= 4 is 15.9 Å². The van der Waals surface area contributed by atoms with Crippen molar-refractivity contribution in [3.63, 3.8) is 0 Å². The Labute approximate surface area is 38.3 Å². The van der Waals surface area contributed by atoms with E-state index in [4.69, 9.17) is 0 Å². The molecule has 0 heterocycles. The van der Waals surface area contributed by atoms with Gasteiger partial charge in [0, 0.05) is 0 Å². The van der Waals surface area contributed by atoms with Crippen molar-refractivity contribution in [2.45, 2.75) is 12.8 Å². The topological polar surface area (TPSA) is 0 Å². The van der Waals surface area contributed by atoms with Crippen molar-refractivity contribution in [1.29, 1.82) is 0 Å². The van der Waals surface area contributed by atoms with Crippen molar-refractivity contribution in [3.05, 3.63) is 0 Å². The number of hydrogen-bond acceptors (Lipinski definition) is 0. The maximum Gasteiger partial charge on any atom is 0.292 e. The lowest BCUT2D eigenvalue weighted by molar-refractivity contribution is 0.260. The predicted octanol–water partition coefficient (Wildman–Crippen LogP) is 2.24. The van der Waals surface area contributed by atoms with Crippen molar-refractivity contribution < 1.29 is 8.78 Å². The van der Waals surface area contributed by atoms with Gasteiger partial charge in [0.2, 0.25) is 0 Å². The minimum atomic E-state index is -2.35. The zero-order valence-electron chi connectivity index (χ0n) is 1.71. The van der Waals surface area contributed by atoms with Gasteiger partial charge in [-0.3, -0.25) is 0 Å². The van der Waals surface area contributed by atoms with Crippen LogP contribution < -0.4 is 0 Å². The average Bonchev–Trinajstić information content (AvgIpc) is 0.811. The standard InChI is InChI=1S/CHBrF2.CH4/c2-1(3)4;/h1H;1H4. The van der Waals surface area contributed by atoms with Crippen LogP contribution in [0.1, 0.15) is 7.43 Å². The minimum absolute atomic E-state index is 0. The summed E-state index contributed by atoms with van der Waals surface area (Å²) in [5.74, 6) is 0. The zero-order chi connectivity index (χ0) is 3.58. The number of hydrogen-bond donors (Lipinski definition) is 0. The maximum absolute atomic E-state index is 10.2. The second-order valence-corrected chi connectivity index (χ2v) is 0.940. The van der Waals surface area contributed by atoms with E-state index in [0.717, 1.165) is 0 Å². The van der Waals surface area contributed by atoms with Gasteiger partial charge in [-0.15, -0.1) is 0 Å². The molecule has 0 bridgehead atoms. The summed E-state index contributed by atoms with van der Waals surface area (Å²) in [6.07, 6.45) is 0. The highest BCUT2D eigenvalue weighted by Gasteiger charge is 1.83. The van der Waals surface area contributed by atoms with Crippen LogP contribution in [0.15, 0.2) is 0 Å². The number of rotatable bonds is 0. The van der Waals surface area contributed by atoms with Crippen LogP contribution in [0.2, 0.25) is 0 Å². The summed E-state index contributed by atoms with van der Waals surface area (Å²) in [4.78, 5) is 0. The Bertz CT molecular complexity index is 12.4. The lowest BCUT2D eigenvalue weighted by Crippen LogP contribution is -1.60. The molecule has 3 heteroatoms. The fraction of sp³-hybridized carbons (Fsp3) is 1.00. The third-order valence-corrected chi connectivity index (χ3v) is 0. The smallest absolute Gasteiger partial charge is 0.197 e. The molecule has 0 rings (SSSR count). The van der Waals surface area contributed by atoms with Gasteiger partial charge in [-0.25, -0.2) is 0 Å². The van der Waals surface area contributed by atoms with Crippen LogP contribution in [0.3, 0.4) is 0 Å². The van der Waals surface area contributed by atoms with Gasteiger partial charge in [-0.1, -0.05) is 7.43 Å². The van der Waals surface area contributed by atoms with E-state index < -0.39 is 5.33 Å². The van der Waals surface area contributed by atoms with Gasteiger partial charge in [0.15, 0.2) is 0 Å². The van der Waals surface area contributed by atoms with E-state index in [1.54, 1.807) is 0 Å². The summed E-state index contributed by atoms with van der Waals surface area (Å²) in [7, 11) is 0. The third kappa shape index (κ3) is 206. The van der Waals surface area contributed by atoms with Gasteiger partial charge < -0.3 is 0 Å². The highest BCUT2D eigenvalue weighted by atomic mass is 79.9. The van der Waals surface area contributed by atoms with Gasteiger partial charge in [-0.2, -0.15) is 8.78 Å². The van der Waals surface area contributed by atoms with E-state index in [0.29, 0.717) is 0 Å². The molecule has 0 saturated carbocycles. The number of alkyl halides is 3. The molecule has 0 atom stereocenters. The van der Waals surface area contributed by atoms with E-state index in [1.165, 1.54) is 0 Å². The first kappa shape index (κ1) is 9.02. The molecule has 34 valence electrons. The van der Waals surface area contributed by atoms with Gasteiger partial charge >= 0.3 is 0 Å². The molecule has 0 fully saturated rings. The Morgan fingerprint density at radius 3 is 1.40 bits per heavy atom. The van der Waals surface area contributed by atoms with Crippen LogP contribution in [0, 0.1) is 0 Å². The normalized spacial score (nSPS) is 7.20. The Morgan fingerprint density at radius 1 is 1.40 bits per heavy atom. The quantitative estimate of drug-likeness (QED) is 0.461. The molecule has 0 amide bonds. The van der Waals surface area contributed by atoms with Crippen LogP contribution in [-0.2, 0) is 0 Å². The van der Waals surface area contributed by atoms with Crippen molar-refractivity contribution in [3.8, 4) is 0 Å². The van der Waals surface area contributed by atoms with E-state index in [2.05, 4.69) is 0 Å². The summed E-state index contributed by atoms with van der Waals surface area (Å²) >= 11 is 1.94. The Morgan fingerprint density at radius 2 is 1.40 bits per heavy atom. The molecule has 0 saturated heterocycles. The molecular formula is C2H5BrF2. The molecule has 0 aromatic rings. The summed E-state index contributed by atoms with van der Waals surface area (Å²) in [5.41, 5.74) is 0. The summed E-state index contributed by atoms with van der Waals surface area (Å²) in [6.45, 7) is 0. The van der Waals surface area contributed by atoms with Crippen LogP contribution in [0.25, 0.3) is 0 Å². The monoisotopic (exact) mass is 146 g/mol. The Kier molecular flexibility index (Phi) is 7.83. The molecule has 0 N–H and O–H groups in total. The highest BCUT2D eigenvalue weighted by Crippen LogP contribution is 1.97. The predicted molar refractivity (Wildman–Crippen MR) is 21.7 cm³/mol. The maximum atomic E-state index is 10.2. The molecule has 0 aliphatic heterocycles. The van der Waals surface area contributed by atoms with Gasteiger partial charge in [0.1, 0.15) is 0 Å². The fourth-order valence-electron chi connectivity index (χ4n) is 0. The second-order valence-electron chi connectivity index (χ2n) is 0.247. The first-order valence-electron chi connectivity index (χ1n) is 0.655. The Balaban J connectivity index is 0. The van der Waals surface area contributed by atoms with Crippen molar-refractivity contribution in [1.82, 2.24) is 0 Å². The summed E-state index contributed by atoms with van der Waals surface area (Å²) < 4.78 is 20.5. The second kappa shape index (κ2) is 4.34. The van der Waals surface area contributed by atoms with E-state index in [9.17, 15) is 8.78 Å². The average molecular weight is 147 g/mol. The van der Waals surface area contributed by atoms with Crippen molar-refractivity contribution in [2.75, 3.05) is 0 Å². The minimum Gasteiger partial charge on any atom is -0.197 e. The van der Waals surface area contributed by atoms with Crippen LogP contribution in [-0.4, -0.2) is 5.33 Å². The molecule has 0 nitrogen and oxygen atoms in total. The summed E-state index contributed by atoms with van der Waals surface area (Å²) in [5, 5.41) is -2.35. The molecule has 5 heavy (non-hydrogen) atoms. The van der Waals surface area contributed by atoms with Gasteiger partial charge in [-0.05, 0) is 15.9 Å². The Hall–Kier alpha value is 0.340. The van der Waals surface area contributed by atoms with E-state index in [-0.39, 0.29) is 7.43 Å². The molecule has 0 aliphatic rings. The molecular weight excluding hydrogens is 142 g/mol. The van der Waals surface area contributed by atoms with Crippen molar-refractivity contribution in [2.24, 2.45) is 0 Å². The molecule has 0 unspecified atom stereocenters. The van der Waals surface area contributed by atoms with Crippen LogP contribution >= 0.6 is 15.9 Å². The third-order valence-electron chi connectivity index (χ3n) is 0. The van der Waals surface area contributed by atoms with Gasteiger partial charge in [0.05, 0.1) is 0 Å². The van der Waals surface area contributed by atoms with Crippen LogP contribution in [0.4, 0.5) is 8.78 Å². The molecule has 0 aliphatic carbocycles. The van der Waals surface area contributed by atoms with E-state index in [1.807, 2.05) is 15.9 Å². The first-order chi connectivity index (χ1) is 1.73. The highest BCUT2D eigenvalue weighted by molar-refractivity contribution is 9.09.